The van der Waals surface area contributed by atoms with E-state index in [1.807, 2.05) is 19.1 Å². The van der Waals surface area contributed by atoms with Crippen LogP contribution in [0, 0.1) is 0 Å². The Kier molecular flexibility index (Phi) is 3.13. The van der Waals surface area contributed by atoms with Crippen LogP contribution in [0.25, 0.3) is 10.1 Å². The fraction of sp³-hybridized carbons (Fsp3) is 0.308. The Bertz CT molecular complexity index is 658. The molecule has 0 aliphatic carbocycles. The van der Waals surface area contributed by atoms with Crippen molar-refractivity contribution in [2.45, 2.75) is 12.7 Å². The minimum absolute atomic E-state index is 0.325. The second kappa shape index (κ2) is 4.56. The molecule has 0 atom stereocenters. The minimum Gasteiger partial charge on any atom is -0.477 e. The molecule has 0 bridgehead atoms. The highest BCUT2D eigenvalue weighted by molar-refractivity contribution is 9.10. The van der Waals surface area contributed by atoms with Crippen LogP contribution in [-0.2, 0) is 15.3 Å². The largest absolute Gasteiger partial charge is 0.477 e. The quantitative estimate of drug-likeness (QED) is 0.906. The molecule has 0 unspecified atom stereocenters. The number of benzene rings is 1. The number of ether oxygens (including phenoxy) is 2. The van der Waals surface area contributed by atoms with Gasteiger partial charge in [0.15, 0.2) is 5.79 Å². The second-order valence-electron chi connectivity index (χ2n) is 4.43. The van der Waals surface area contributed by atoms with Crippen molar-refractivity contribution in [2.24, 2.45) is 0 Å². The van der Waals surface area contributed by atoms with Gasteiger partial charge in [-0.15, -0.1) is 11.3 Å². The Morgan fingerprint density at radius 1 is 1.37 bits per heavy atom. The lowest BCUT2D eigenvalue weighted by atomic mass is 10.1. The predicted octanol–water partition coefficient (Wildman–Crippen LogP) is 3.58. The number of carbonyl (C=O) groups is 1. The van der Waals surface area contributed by atoms with E-state index in [9.17, 15) is 4.79 Å². The van der Waals surface area contributed by atoms with Crippen LogP contribution in [0.4, 0.5) is 0 Å². The van der Waals surface area contributed by atoms with Crippen LogP contribution in [0.3, 0.4) is 0 Å². The van der Waals surface area contributed by atoms with Gasteiger partial charge in [0.1, 0.15) is 4.88 Å². The summed E-state index contributed by atoms with van der Waals surface area (Å²) in [4.78, 5) is 11.4. The highest BCUT2D eigenvalue weighted by Gasteiger charge is 2.33. The zero-order valence-corrected chi connectivity index (χ0v) is 12.5. The van der Waals surface area contributed by atoms with Crippen molar-refractivity contribution in [1.29, 1.82) is 0 Å². The van der Waals surface area contributed by atoms with E-state index in [2.05, 4.69) is 15.9 Å². The van der Waals surface area contributed by atoms with Crippen molar-refractivity contribution in [3.8, 4) is 0 Å². The minimum atomic E-state index is -0.908. The number of aromatic carboxylic acids is 1. The molecule has 0 spiro atoms. The summed E-state index contributed by atoms with van der Waals surface area (Å²) in [5.41, 5.74) is 0.888. The van der Waals surface area contributed by atoms with Gasteiger partial charge in [-0.3, -0.25) is 0 Å². The highest BCUT2D eigenvalue weighted by Crippen LogP contribution is 2.39. The van der Waals surface area contributed by atoms with Gasteiger partial charge < -0.3 is 14.6 Å². The highest BCUT2D eigenvalue weighted by atomic mass is 79.9. The predicted molar refractivity (Wildman–Crippen MR) is 75.7 cm³/mol. The van der Waals surface area contributed by atoms with Gasteiger partial charge in [0.05, 0.1) is 13.2 Å². The summed E-state index contributed by atoms with van der Waals surface area (Å²) in [5, 5.41) is 9.94. The molecule has 0 radical (unpaired) electrons. The lowest BCUT2D eigenvalue weighted by Gasteiger charge is -2.23. The third-order valence-electron chi connectivity index (χ3n) is 3.14. The summed E-state index contributed by atoms with van der Waals surface area (Å²) in [7, 11) is 0. The van der Waals surface area contributed by atoms with Gasteiger partial charge in [0.25, 0.3) is 0 Å². The molecule has 4 nitrogen and oxygen atoms in total. The topological polar surface area (TPSA) is 55.8 Å². The van der Waals surface area contributed by atoms with Crippen molar-refractivity contribution in [2.75, 3.05) is 13.2 Å². The molecule has 19 heavy (non-hydrogen) atoms. The van der Waals surface area contributed by atoms with E-state index < -0.39 is 11.8 Å². The summed E-state index contributed by atoms with van der Waals surface area (Å²) >= 11 is 4.74. The molecule has 1 saturated heterocycles. The third kappa shape index (κ3) is 2.18. The van der Waals surface area contributed by atoms with Gasteiger partial charge in [-0.2, -0.15) is 0 Å². The van der Waals surface area contributed by atoms with Crippen LogP contribution in [-0.4, -0.2) is 24.3 Å². The number of fused-ring (bicyclic) bond motifs is 1. The summed E-state index contributed by atoms with van der Waals surface area (Å²) in [5.74, 6) is -1.66. The van der Waals surface area contributed by atoms with Gasteiger partial charge in [0.2, 0.25) is 0 Å². The SMILES string of the molecule is CC1(c2cc(Br)c3sc(C(=O)O)cc3c2)OCCO1. The van der Waals surface area contributed by atoms with Gasteiger partial charge in [-0.25, -0.2) is 4.79 Å². The van der Waals surface area contributed by atoms with Crippen LogP contribution in [0.5, 0.6) is 0 Å². The molecule has 3 rings (SSSR count). The standard InChI is InChI=1S/C13H11BrO4S/c1-13(17-2-3-18-13)8-4-7-5-10(12(15)16)19-11(7)9(14)6-8/h4-6H,2-3H2,1H3,(H,15,16). The van der Waals surface area contributed by atoms with Gasteiger partial charge in [-0.1, -0.05) is 0 Å². The van der Waals surface area contributed by atoms with Crippen molar-refractivity contribution in [3.05, 3.63) is 33.1 Å². The Balaban J connectivity index is 2.16. The molecule has 1 aliphatic heterocycles. The van der Waals surface area contributed by atoms with Crippen molar-refractivity contribution in [3.63, 3.8) is 0 Å². The van der Waals surface area contributed by atoms with Gasteiger partial charge >= 0.3 is 5.97 Å². The first-order valence-electron chi connectivity index (χ1n) is 5.74. The van der Waals surface area contributed by atoms with Crippen LogP contribution >= 0.6 is 27.3 Å². The number of hydrogen-bond acceptors (Lipinski definition) is 4. The smallest absolute Gasteiger partial charge is 0.345 e. The average Bonchev–Trinajstić information content (AvgIpc) is 2.96. The number of carboxylic acid groups (broad SMARTS) is 1. The van der Waals surface area contributed by atoms with Crippen molar-refractivity contribution in [1.82, 2.24) is 0 Å². The number of hydrogen-bond donors (Lipinski definition) is 1. The molecule has 0 amide bonds. The fourth-order valence-corrected chi connectivity index (χ4v) is 3.76. The maximum atomic E-state index is 11.0. The molecule has 6 heteroatoms. The molecular weight excluding hydrogens is 332 g/mol. The van der Waals surface area contributed by atoms with E-state index in [1.165, 1.54) is 11.3 Å². The van der Waals surface area contributed by atoms with E-state index in [0.29, 0.717) is 18.1 Å². The van der Waals surface area contributed by atoms with Gasteiger partial charge in [0, 0.05) is 14.7 Å². The maximum absolute atomic E-state index is 11.0. The summed E-state index contributed by atoms with van der Waals surface area (Å²) in [6.07, 6.45) is 0. The molecule has 1 N–H and O–H groups in total. The molecular formula is C13H11BrO4S. The first kappa shape index (κ1) is 13.1. The molecule has 1 fully saturated rings. The summed E-state index contributed by atoms with van der Waals surface area (Å²) in [6, 6.07) is 5.53. The fourth-order valence-electron chi connectivity index (χ4n) is 2.16. The Hall–Kier alpha value is -0.950. The monoisotopic (exact) mass is 342 g/mol. The normalized spacial score (nSPS) is 18.0. The zero-order valence-electron chi connectivity index (χ0n) is 10.1. The number of halogens is 1. The molecule has 0 saturated carbocycles. The van der Waals surface area contributed by atoms with Gasteiger partial charge in [-0.05, 0) is 46.4 Å². The van der Waals surface area contributed by atoms with E-state index in [4.69, 9.17) is 14.6 Å². The second-order valence-corrected chi connectivity index (χ2v) is 6.34. The summed E-state index contributed by atoms with van der Waals surface area (Å²) < 4.78 is 13.0. The maximum Gasteiger partial charge on any atom is 0.345 e. The average molecular weight is 343 g/mol. The number of carboxylic acids is 1. The Labute approximate surface area is 122 Å². The molecule has 100 valence electrons. The first-order chi connectivity index (χ1) is 8.99. The lowest BCUT2D eigenvalue weighted by Crippen LogP contribution is -2.22. The van der Waals surface area contributed by atoms with Crippen LogP contribution in [0.15, 0.2) is 22.7 Å². The number of rotatable bonds is 2. The third-order valence-corrected chi connectivity index (χ3v) is 5.20. The number of thiophene rings is 1. The molecule has 2 heterocycles. The first-order valence-corrected chi connectivity index (χ1v) is 7.35. The van der Waals surface area contributed by atoms with E-state index in [0.717, 1.165) is 20.1 Å². The van der Waals surface area contributed by atoms with E-state index in [-0.39, 0.29) is 0 Å². The van der Waals surface area contributed by atoms with Crippen molar-refractivity contribution < 1.29 is 19.4 Å². The Morgan fingerprint density at radius 2 is 2.05 bits per heavy atom. The van der Waals surface area contributed by atoms with E-state index >= 15 is 0 Å². The molecule has 1 aliphatic rings. The summed E-state index contributed by atoms with van der Waals surface area (Å²) in [6.45, 7) is 3.00. The van der Waals surface area contributed by atoms with Crippen LogP contribution < -0.4 is 0 Å². The van der Waals surface area contributed by atoms with Crippen LogP contribution in [0.2, 0.25) is 0 Å². The van der Waals surface area contributed by atoms with E-state index in [1.54, 1.807) is 6.07 Å². The lowest BCUT2D eigenvalue weighted by molar-refractivity contribution is -0.149. The molecule has 2 aromatic rings. The van der Waals surface area contributed by atoms with Crippen LogP contribution in [0.1, 0.15) is 22.2 Å². The zero-order chi connectivity index (χ0) is 13.6. The van der Waals surface area contributed by atoms with Crippen molar-refractivity contribution >= 4 is 43.3 Å². The Morgan fingerprint density at radius 3 is 2.68 bits per heavy atom. The molecule has 1 aromatic carbocycles. The molecule has 1 aromatic heterocycles.